The maximum Gasteiger partial charge on any atom is 0.308 e. The number of aliphatic hydroxyl groups is 1. The number of rotatable bonds is 9. The molecule has 120 valence electrons. The Morgan fingerprint density at radius 3 is 2.59 bits per heavy atom. The highest BCUT2D eigenvalue weighted by Gasteiger charge is 2.20. The highest BCUT2D eigenvalue weighted by molar-refractivity contribution is 5.69. The van der Waals surface area contributed by atoms with Crippen LogP contribution in [0.25, 0.3) is 0 Å². The highest BCUT2D eigenvalue weighted by atomic mass is 16.6. The molecule has 2 atom stereocenters. The summed E-state index contributed by atoms with van der Waals surface area (Å²) in [6.07, 6.45) is 0.286. The second kappa shape index (κ2) is 8.91. The van der Waals surface area contributed by atoms with Crippen molar-refractivity contribution in [2.45, 2.75) is 25.0 Å². The van der Waals surface area contributed by atoms with Crippen LogP contribution in [0.2, 0.25) is 0 Å². The summed E-state index contributed by atoms with van der Waals surface area (Å²) < 4.78 is 10.0. The first-order valence-corrected chi connectivity index (χ1v) is 6.69. The summed E-state index contributed by atoms with van der Waals surface area (Å²) in [5.74, 6) is -0.440. The average molecular weight is 309 g/mol. The van der Waals surface area contributed by atoms with Crippen LogP contribution in [-0.2, 0) is 14.3 Å². The van der Waals surface area contributed by atoms with Gasteiger partial charge >= 0.3 is 5.97 Å². The molecule has 0 spiro atoms. The maximum atomic E-state index is 11.3. The van der Waals surface area contributed by atoms with Gasteiger partial charge in [0.1, 0.15) is 0 Å². The number of nitro groups is 1. The smallest absolute Gasteiger partial charge is 0.308 e. The number of nitrogens with zero attached hydrogens (tertiary/aromatic N) is 1. The molecule has 1 rings (SSSR count). The van der Waals surface area contributed by atoms with E-state index < -0.39 is 23.1 Å². The van der Waals surface area contributed by atoms with Gasteiger partial charge in [0.25, 0.3) is 5.69 Å². The molecule has 7 heteroatoms. The van der Waals surface area contributed by atoms with Gasteiger partial charge in [-0.25, -0.2) is 0 Å². The van der Waals surface area contributed by atoms with Crippen LogP contribution in [0, 0.1) is 10.1 Å². The lowest BCUT2D eigenvalue weighted by atomic mass is 10.0. The summed E-state index contributed by atoms with van der Waals surface area (Å²) in [6.45, 7) is 3.77. The number of carbonyl (C=O) groups excluding carboxylic acids is 1. The predicted molar refractivity (Wildman–Crippen MR) is 79.2 cm³/mol. The normalized spacial score (nSPS) is 13.2. The molecule has 0 aliphatic carbocycles. The number of methoxy groups -OCH3 is 1. The van der Waals surface area contributed by atoms with Gasteiger partial charge in [0.05, 0.1) is 37.3 Å². The van der Waals surface area contributed by atoms with Crippen molar-refractivity contribution in [2.24, 2.45) is 0 Å². The average Bonchev–Trinajstić information content (AvgIpc) is 2.52. The first-order chi connectivity index (χ1) is 10.5. The van der Waals surface area contributed by atoms with Gasteiger partial charge in [-0.1, -0.05) is 6.08 Å². The van der Waals surface area contributed by atoms with Crippen molar-refractivity contribution in [1.82, 2.24) is 0 Å². The lowest BCUT2D eigenvalue weighted by Gasteiger charge is -2.19. The largest absolute Gasteiger partial charge is 0.469 e. The Labute approximate surface area is 128 Å². The van der Waals surface area contributed by atoms with E-state index in [9.17, 15) is 20.0 Å². The SMILES string of the molecule is C=CCOC(CC(=O)OC)CC(O)c1ccc([N+](=O)[O-])cc1. The molecular weight excluding hydrogens is 290 g/mol. The van der Waals surface area contributed by atoms with Crippen molar-refractivity contribution >= 4 is 11.7 Å². The van der Waals surface area contributed by atoms with Gasteiger partial charge in [0, 0.05) is 18.6 Å². The molecule has 1 N–H and O–H groups in total. The van der Waals surface area contributed by atoms with Gasteiger partial charge in [0.15, 0.2) is 0 Å². The molecule has 0 saturated heterocycles. The summed E-state index contributed by atoms with van der Waals surface area (Å²) in [6, 6.07) is 5.59. The number of hydrogen-bond donors (Lipinski definition) is 1. The Morgan fingerprint density at radius 1 is 1.45 bits per heavy atom. The second-order valence-electron chi connectivity index (χ2n) is 4.62. The van der Waals surface area contributed by atoms with Crippen molar-refractivity contribution < 1.29 is 24.3 Å². The van der Waals surface area contributed by atoms with Crippen LogP contribution in [0.5, 0.6) is 0 Å². The van der Waals surface area contributed by atoms with Gasteiger partial charge in [-0.05, 0) is 17.7 Å². The van der Waals surface area contributed by atoms with Crippen LogP contribution in [0.1, 0.15) is 24.5 Å². The highest BCUT2D eigenvalue weighted by Crippen LogP contribution is 2.23. The van der Waals surface area contributed by atoms with Crippen molar-refractivity contribution in [1.29, 1.82) is 0 Å². The number of ether oxygens (including phenoxy) is 2. The lowest BCUT2D eigenvalue weighted by Crippen LogP contribution is -2.21. The fraction of sp³-hybridized carbons (Fsp3) is 0.400. The molecule has 1 aromatic rings. The minimum Gasteiger partial charge on any atom is -0.469 e. The van der Waals surface area contributed by atoms with E-state index in [0.717, 1.165) is 0 Å². The summed E-state index contributed by atoms with van der Waals surface area (Å²) in [5, 5.41) is 20.8. The van der Waals surface area contributed by atoms with Crippen LogP contribution in [0.4, 0.5) is 5.69 Å². The number of nitro benzene ring substituents is 1. The lowest BCUT2D eigenvalue weighted by molar-refractivity contribution is -0.384. The van der Waals surface area contributed by atoms with Crippen LogP contribution in [0.15, 0.2) is 36.9 Å². The molecule has 0 saturated carbocycles. The quantitative estimate of drug-likeness (QED) is 0.325. The molecule has 0 bridgehead atoms. The first-order valence-electron chi connectivity index (χ1n) is 6.69. The van der Waals surface area contributed by atoms with Crippen LogP contribution in [0.3, 0.4) is 0 Å². The van der Waals surface area contributed by atoms with E-state index in [1.54, 1.807) is 6.08 Å². The Balaban J connectivity index is 2.71. The van der Waals surface area contributed by atoms with Crippen molar-refractivity contribution in [3.8, 4) is 0 Å². The van der Waals surface area contributed by atoms with E-state index in [0.29, 0.717) is 5.56 Å². The van der Waals surface area contributed by atoms with Gasteiger partial charge in [-0.3, -0.25) is 14.9 Å². The van der Waals surface area contributed by atoms with E-state index >= 15 is 0 Å². The maximum absolute atomic E-state index is 11.3. The third-order valence-corrected chi connectivity index (χ3v) is 3.05. The van der Waals surface area contributed by atoms with Gasteiger partial charge in [-0.15, -0.1) is 6.58 Å². The van der Waals surface area contributed by atoms with Gasteiger partial charge in [0.2, 0.25) is 0 Å². The van der Waals surface area contributed by atoms with E-state index in [1.807, 2.05) is 0 Å². The summed E-state index contributed by atoms with van der Waals surface area (Å²) >= 11 is 0. The van der Waals surface area contributed by atoms with E-state index in [2.05, 4.69) is 11.3 Å². The fourth-order valence-electron chi connectivity index (χ4n) is 1.89. The third-order valence-electron chi connectivity index (χ3n) is 3.05. The Hall–Kier alpha value is -2.25. The molecule has 0 aliphatic heterocycles. The fourth-order valence-corrected chi connectivity index (χ4v) is 1.89. The summed E-state index contributed by atoms with van der Waals surface area (Å²) in [5.41, 5.74) is 0.465. The first kappa shape index (κ1) is 17.8. The number of aliphatic hydroxyl groups excluding tert-OH is 1. The molecule has 0 aromatic heterocycles. The predicted octanol–water partition coefficient (Wildman–Crippen LogP) is 2.15. The van der Waals surface area contributed by atoms with E-state index in [1.165, 1.54) is 31.4 Å². The number of non-ortho nitro benzene ring substituents is 1. The Morgan fingerprint density at radius 2 is 2.09 bits per heavy atom. The van der Waals surface area contributed by atoms with Crippen LogP contribution < -0.4 is 0 Å². The molecule has 0 radical (unpaired) electrons. The third kappa shape index (κ3) is 5.63. The number of benzene rings is 1. The zero-order valence-corrected chi connectivity index (χ0v) is 12.3. The van der Waals surface area contributed by atoms with E-state index in [4.69, 9.17) is 4.74 Å². The molecular formula is C15H19NO6. The second-order valence-corrected chi connectivity index (χ2v) is 4.62. The topological polar surface area (TPSA) is 98.9 Å². The summed E-state index contributed by atoms with van der Waals surface area (Å²) in [4.78, 5) is 21.4. The Kier molecular flexibility index (Phi) is 7.21. The van der Waals surface area contributed by atoms with E-state index in [-0.39, 0.29) is 25.1 Å². The number of carbonyl (C=O) groups is 1. The minimum absolute atomic E-state index is 0.00831. The Bertz CT molecular complexity index is 513. The molecule has 0 heterocycles. The molecule has 0 aliphatic rings. The molecule has 7 nitrogen and oxygen atoms in total. The van der Waals surface area contributed by atoms with Crippen molar-refractivity contribution in [3.63, 3.8) is 0 Å². The zero-order chi connectivity index (χ0) is 16.5. The standard InChI is InChI=1S/C15H19NO6/c1-3-8-22-13(10-15(18)21-2)9-14(17)11-4-6-12(7-5-11)16(19)20/h3-7,13-14,17H,1,8-10H2,2H3. The molecule has 0 amide bonds. The van der Waals surface area contributed by atoms with Crippen LogP contribution >= 0.6 is 0 Å². The molecule has 1 aromatic carbocycles. The molecule has 0 fully saturated rings. The van der Waals surface area contributed by atoms with Crippen molar-refractivity contribution in [2.75, 3.05) is 13.7 Å². The molecule has 2 unspecified atom stereocenters. The van der Waals surface area contributed by atoms with Gasteiger partial charge < -0.3 is 14.6 Å². The van der Waals surface area contributed by atoms with Gasteiger partial charge in [-0.2, -0.15) is 0 Å². The monoisotopic (exact) mass is 309 g/mol. The number of esters is 1. The van der Waals surface area contributed by atoms with Crippen molar-refractivity contribution in [3.05, 3.63) is 52.6 Å². The molecule has 22 heavy (non-hydrogen) atoms. The zero-order valence-electron chi connectivity index (χ0n) is 12.3. The van der Waals surface area contributed by atoms with Crippen LogP contribution in [-0.4, -0.2) is 35.8 Å². The number of hydrogen-bond acceptors (Lipinski definition) is 6. The minimum atomic E-state index is -0.903. The summed E-state index contributed by atoms with van der Waals surface area (Å²) in [7, 11) is 1.28.